The molecule has 0 aromatic carbocycles. The first-order chi connectivity index (χ1) is 5.72. The molecule has 0 aliphatic rings. The van der Waals surface area contributed by atoms with E-state index < -0.39 is 19.9 Å². The van der Waals surface area contributed by atoms with Crippen LogP contribution in [0.5, 0.6) is 0 Å². The fraction of sp³-hybridized carbons (Fsp3) is 0.500. The maximum atomic E-state index is 10.8. The third-order valence-corrected chi connectivity index (χ3v) is 1.42. The standard InChI is InChI=1S/C6H11O6P/c1-4(3-5(2)7)6(8)12-13(9,10)11/h3,5,7H,1-2H3,(H2,9,10,11)/b4-3+. The predicted octanol–water partition coefficient (Wildman–Crippen LogP) is -0.0506. The van der Waals surface area contributed by atoms with Crippen LogP contribution in [-0.4, -0.2) is 27.0 Å². The summed E-state index contributed by atoms with van der Waals surface area (Å²) < 4.78 is 13.9. The number of hydrogen-bond acceptors (Lipinski definition) is 4. The van der Waals surface area contributed by atoms with E-state index in [1.165, 1.54) is 13.8 Å². The lowest BCUT2D eigenvalue weighted by Crippen LogP contribution is -2.06. The van der Waals surface area contributed by atoms with Gasteiger partial charge in [0.1, 0.15) is 0 Å². The molecular formula is C6H11O6P. The minimum Gasteiger partial charge on any atom is -0.389 e. The Kier molecular flexibility index (Phi) is 4.29. The van der Waals surface area contributed by atoms with Crippen LogP contribution in [0, 0.1) is 0 Å². The fourth-order valence-electron chi connectivity index (χ4n) is 0.610. The summed E-state index contributed by atoms with van der Waals surface area (Å²) in [4.78, 5) is 27.3. The van der Waals surface area contributed by atoms with Gasteiger partial charge in [0.15, 0.2) is 0 Å². The van der Waals surface area contributed by atoms with E-state index in [-0.39, 0.29) is 5.57 Å². The summed E-state index contributed by atoms with van der Waals surface area (Å²) in [6.45, 7) is 2.68. The van der Waals surface area contributed by atoms with Crippen molar-refractivity contribution in [2.24, 2.45) is 0 Å². The van der Waals surface area contributed by atoms with Crippen molar-refractivity contribution in [2.45, 2.75) is 20.0 Å². The highest BCUT2D eigenvalue weighted by molar-refractivity contribution is 7.46. The molecule has 6 nitrogen and oxygen atoms in total. The lowest BCUT2D eigenvalue weighted by Gasteiger charge is -2.05. The van der Waals surface area contributed by atoms with Gasteiger partial charge < -0.3 is 9.63 Å². The molecule has 1 atom stereocenters. The van der Waals surface area contributed by atoms with E-state index in [1.807, 2.05) is 0 Å². The van der Waals surface area contributed by atoms with Crippen LogP contribution < -0.4 is 0 Å². The van der Waals surface area contributed by atoms with Crippen molar-refractivity contribution in [2.75, 3.05) is 0 Å². The normalized spacial score (nSPS) is 15.3. The Hall–Kier alpha value is -0.680. The van der Waals surface area contributed by atoms with Gasteiger partial charge in [-0.25, -0.2) is 9.36 Å². The summed E-state index contributed by atoms with van der Waals surface area (Å²) in [7, 11) is -4.79. The minimum atomic E-state index is -4.79. The number of phosphoric ester groups is 1. The third kappa shape index (κ3) is 6.48. The molecule has 0 aromatic rings. The molecule has 7 heteroatoms. The molecule has 0 radical (unpaired) electrons. The van der Waals surface area contributed by atoms with Crippen LogP contribution in [0.3, 0.4) is 0 Å². The van der Waals surface area contributed by atoms with Crippen LogP contribution in [0.2, 0.25) is 0 Å². The molecule has 0 bridgehead atoms. The van der Waals surface area contributed by atoms with Gasteiger partial charge in [0, 0.05) is 5.57 Å². The van der Waals surface area contributed by atoms with E-state index in [4.69, 9.17) is 14.9 Å². The van der Waals surface area contributed by atoms with E-state index in [1.54, 1.807) is 0 Å². The average Bonchev–Trinajstić information content (AvgIpc) is 1.81. The van der Waals surface area contributed by atoms with Crippen LogP contribution in [0.1, 0.15) is 13.8 Å². The fourth-order valence-corrected chi connectivity index (χ4v) is 0.970. The first-order valence-corrected chi connectivity index (χ1v) is 4.91. The zero-order valence-corrected chi connectivity index (χ0v) is 8.06. The molecule has 0 heterocycles. The van der Waals surface area contributed by atoms with Gasteiger partial charge in [-0.2, -0.15) is 0 Å². The van der Waals surface area contributed by atoms with E-state index in [0.717, 1.165) is 6.08 Å². The molecule has 13 heavy (non-hydrogen) atoms. The van der Waals surface area contributed by atoms with Crippen molar-refractivity contribution < 1.29 is 28.8 Å². The Labute approximate surface area is 75.1 Å². The number of phosphoric acid groups is 1. The van der Waals surface area contributed by atoms with E-state index in [0.29, 0.717) is 0 Å². The second-order valence-electron chi connectivity index (χ2n) is 2.46. The van der Waals surface area contributed by atoms with Crippen molar-refractivity contribution in [3.05, 3.63) is 11.6 Å². The second kappa shape index (κ2) is 4.53. The summed E-state index contributed by atoms with van der Waals surface area (Å²) in [6.07, 6.45) is 0.252. The lowest BCUT2D eigenvalue weighted by molar-refractivity contribution is -0.131. The summed E-state index contributed by atoms with van der Waals surface area (Å²) in [6, 6.07) is 0. The first-order valence-electron chi connectivity index (χ1n) is 3.38. The highest BCUT2D eigenvalue weighted by Gasteiger charge is 2.21. The number of hydrogen-bond donors (Lipinski definition) is 3. The lowest BCUT2D eigenvalue weighted by atomic mass is 10.2. The molecule has 0 fully saturated rings. The van der Waals surface area contributed by atoms with Crippen molar-refractivity contribution in [3.8, 4) is 0 Å². The van der Waals surface area contributed by atoms with Gasteiger partial charge in [0.05, 0.1) is 6.10 Å². The molecule has 0 aliphatic heterocycles. The van der Waals surface area contributed by atoms with Crippen LogP contribution in [0.25, 0.3) is 0 Å². The van der Waals surface area contributed by atoms with Gasteiger partial charge in [-0.05, 0) is 19.9 Å². The van der Waals surface area contributed by atoms with Crippen LogP contribution in [0.15, 0.2) is 11.6 Å². The Bertz CT molecular complexity index is 262. The zero-order valence-electron chi connectivity index (χ0n) is 7.17. The van der Waals surface area contributed by atoms with E-state index in [2.05, 4.69) is 4.52 Å². The number of rotatable bonds is 3. The van der Waals surface area contributed by atoms with Crippen molar-refractivity contribution in [3.63, 3.8) is 0 Å². The molecule has 0 rings (SSSR count). The number of aliphatic hydroxyl groups excluding tert-OH is 1. The van der Waals surface area contributed by atoms with Gasteiger partial charge in [-0.1, -0.05) is 0 Å². The Morgan fingerprint density at radius 2 is 2.00 bits per heavy atom. The quantitative estimate of drug-likeness (QED) is 0.445. The predicted molar refractivity (Wildman–Crippen MR) is 43.6 cm³/mol. The molecular weight excluding hydrogens is 199 g/mol. The third-order valence-electron chi connectivity index (χ3n) is 1.02. The number of carbonyl (C=O) groups excluding carboxylic acids is 1. The first kappa shape index (κ1) is 12.3. The molecule has 1 unspecified atom stereocenters. The number of aliphatic hydroxyl groups is 1. The Morgan fingerprint density at radius 3 is 2.31 bits per heavy atom. The van der Waals surface area contributed by atoms with Gasteiger partial charge >= 0.3 is 13.8 Å². The van der Waals surface area contributed by atoms with E-state index in [9.17, 15) is 9.36 Å². The smallest absolute Gasteiger partial charge is 0.389 e. The average molecular weight is 210 g/mol. The summed E-state index contributed by atoms with van der Waals surface area (Å²) in [5.41, 5.74) is -0.0571. The minimum absolute atomic E-state index is 0.0571. The molecule has 76 valence electrons. The Morgan fingerprint density at radius 1 is 1.54 bits per heavy atom. The second-order valence-corrected chi connectivity index (χ2v) is 3.62. The molecule has 3 N–H and O–H groups in total. The molecule has 0 spiro atoms. The van der Waals surface area contributed by atoms with Crippen molar-refractivity contribution >= 4 is 13.8 Å². The van der Waals surface area contributed by atoms with E-state index >= 15 is 0 Å². The highest BCUT2D eigenvalue weighted by atomic mass is 31.2. The monoisotopic (exact) mass is 210 g/mol. The summed E-state index contributed by atoms with van der Waals surface area (Å²) in [5, 5.41) is 8.79. The van der Waals surface area contributed by atoms with Gasteiger partial charge in [0.25, 0.3) is 0 Å². The largest absolute Gasteiger partial charge is 0.527 e. The summed E-state index contributed by atoms with van der Waals surface area (Å²) >= 11 is 0. The van der Waals surface area contributed by atoms with Crippen LogP contribution in [-0.2, 0) is 13.9 Å². The number of carbonyl (C=O) groups is 1. The van der Waals surface area contributed by atoms with Gasteiger partial charge in [-0.3, -0.25) is 9.79 Å². The topological polar surface area (TPSA) is 104 Å². The van der Waals surface area contributed by atoms with Crippen LogP contribution in [0.4, 0.5) is 0 Å². The van der Waals surface area contributed by atoms with Crippen LogP contribution >= 0.6 is 7.82 Å². The zero-order chi connectivity index (χ0) is 10.6. The van der Waals surface area contributed by atoms with Gasteiger partial charge in [-0.15, -0.1) is 0 Å². The van der Waals surface area contributed by atoms with Gasteiger partial charge in [0.2, 0.25) is 0 Å². The Balaban J connectivity index is 4.37. The molecule has 0 aliphatic carbocycles. The maximum absolute atomic E-state index is 10.8. The summed E-state index contributed by atoms with van der Waals surface area (Å²) in [5.74, 6) is -1.14. The SMILES string of the molecule is C/C(=C\C(C)O)C(=O)OP(=O)(O)O. The van der Waals surface area contributed by atoms with Crippen molar-refractivity contribution in [1.82, 2.24) is 0 Å². The molecule has 0 saturated heterocycles. The molecule has 0 aromatic heterocycles. The van der Waals surface area contributed by atoms with Crippen molar-refractivity contribution in [1.29, 1.82) is 0 Å². The highest BCUT2D eigenvalue weighted by Crippen LogP contribution is 2.36. The molecule has 0 amide bonds. The molecule has 0 saturated carbocycles. The maximum Gasteiger partial charge on any atom is 0.527 e.